The van der Waals surface area contributed by atoms with Gasteiger partial charge in [-0.2, -0.15) is 0 Å². The van der Waals surface area contributed by atoms with E-state index >= 15 is 0 Å². The van der Waals surface area contributed by atoms with Gasteiger partial charge in [-0.15, -0.1) is 0 Å². The molecule has 2 amide bonds. The zero-order valence-corrected chi connectivity index (χ0v) is 20.8. The molecule has 1 aromatic heterocycles. The van der Waals surface area contributed by atoms with Crippen LogP contribution in [0.4, 0.5) is 4.79 Å². The molecule has 35 heavy (non-hydrogen) atoms. The second kappa shape index (κ2) is 9.90. The van der Waals surface area contributed by atoms with Crippen LogP contribution < -0.4 is 14.8 Å². The third kappa shape index (κ3) is 5.88. The summed E-state index contributed by atoms with van der Waals surface area (Å²) in [6.07, 6.45) is 0.298. The highest BCUT2D eigenvalue weighted by Gasteiger charge is 2.31. The van der Waals surface area contributed by atoms with Gasteiger partial charge in [-0.3, -0.25) is 4.79 Å². The van der Waals surface area contributed by atoms with E-state index in [4.69, 9.17) is 18.6 Å². The van der Waals surface area contributed by atoms with Gasteiger partial charge in [0.2, 0.25) is 0 Å². The molecule has 0 aliphatic carbocycles. The van der Waals surface area contributed by atoms with Crippen molar-refractivity contribution in [3.8, 4) is 11.5 Å². The molecule has 1 saturated heterocycles. The number of carbonyl (C=O) groups is 2. The fraction of sp³-hybridized carbons (Fsp3) is 0.407. The maximum atomic E-state index is 13.2. The highest BCUT2D eigenvalue weighted by molar-refractivity contribution is 6.07. The molecular weight excluding hydrogens is 448 g/mol. The largest absolute Gasteiger partial charge is 0.497 e. The highest BCUT2D eigenvalue weighted by Crippen LogP contribution is 2.30. The van der Waals surface area contributed by atoms with E-state index in [1.165, 1.54) is 0 Å². The third-order valence-corrected chi connectivity index (χ3v) is 5.78. The van der Waals surface area contributed by atoms with Crippen molar-refractivity contribution in [1.29, 1.82) is 0 Å². The number of aryl methyl sites for hydroxylation is 1. The smallest absolute Gasteiger partial charge is 0.410 e. The van der Waals surface area contributed by atoms with E-state index in [9.17, 15) is 9.59 Å². The number of furan rings is 1. The summed E-state index contributed by atoms with van der Waals surface area (Å²) in [5.74, 6) is 1.70. The molecule has 3 aromatic rings. The first-order valence-electron chi connectivity index (χ1n) is 11.7. The first-order chi connectivity index (χ1) is 16.6. The maximum Gasteiger partial charge on any atom is 0.410 e. The van der Waals surface area contributed by atoms with Crippen LogP contribution in [0.2, 0.25) is 0 Å². The standard InChI is InChI=1S/C27H32N2O6/c1-17-24(25(30)28-19-11-12-29(15-19)26(31)35-27(2,3)4)22-14-21(9-10-23(22)34-17)33-16-18-7-6-8-20(13-18)32-5/h6-10,13-14,19H,11-12,15-16H2,1-5H3,(H,28,30)/t19-/m1/s1. The predicted molar refractivity (Wildman–Crippen MR) is 132 cm³/mol. The Morgan fingerprint density at radius 1 is 1.14 bits per heavy atom. The Hall–Kier alpha value is -3.68. The van der Waals surface area contributed by atoms with Gasteiger partial charge in [0.1, 0.15) is 35.1 Å². The fourth-order valence-corrected chi connectivity index (χ4v) is 4.13. The molecule has 4 rings (SSSR count). The molecule has 8 nitrogen and oxygen atoms in total. The molecule has 1 fully saturated rings. The molecule has 1 N–H and O–H groups in total. The van der Waals surface area contributed by atoms with Crippen LogP contribution in [0, 0.1) is 6.92 Å². The van der Waals surface area contributed by atoms with E-state index in [0.717, 1.165) is 11.3 Å². The summed E-state index contributed by atoms with van der Waals surface area (Å²) in [7, 11) is 1.63. The van der Waals surface area contributed by atoms with Gasteiger partial charge >= 0.3 is 6.09 Å². The van der Waals surface area contributed by atoms with Crippen LogP contribution in [0.3, 0.4) is 0 Å². The van der Waals surface area contributed by atoms with Gasteiger partial charge in [-0.1, -0.05) is 12.1 Å². The van der Waals surface area contributed by atoms with Gasteiger partial charge in [0.25, 0.3) is 5.91 Å². The van der Waals surface area contributed by atoms with Gasteiger partial charge in [-0.25, -0.2) is 4.79 Å². The quantitative estimate of drug-likeness (QED) is 0.530. The lowest BCUT2D eigenvalue weighted by molar-refractivity contribution is 0.0290. The van der Waals surface area contributed by atoms with Crippen LogP contribution in [0.25, 0.3) is 11.0 Å². The van der Waals surface area contributed by atoms with Gasteiger partial charge in [0.15, 0.2) is 0 Å². The van der Waals surface area contributed by atoms with Crippen molar-refractivity contribution in [1.82, 2.24) is 10.2 Å². The molecule has 2 aromatic carbocycles. The Morgan fingerprint density at radius 3 is 2.69 bits per heavy atom. The lowest BCUT2D eigenvalue weighted by atomic mass is 10.1. The number of likely N-dealkylation sites (tertiary alicyclic amines) is 1. The van der Waals surface area contributed by atoms with Gasteiger partial charge < -0.3 is 28.8 Å². The number of rotatable bonds is 6. The number of hydrogen-bond donors (Lipinski definition) is 1. The first-order valence-corrected chi connectivity index (χ1v) is 11.7. The number of carbonyl (C=O) groups excluding carboxylic acids is 2. The molecular formula is C27H32N2O6. The summed E-state index contributed by atoms with van der Waals surface area (Å²) in [6, 6.07) is 13.0. The SMILES string of the molecule is COc1cccc(COc2ccc3oc(C)c(C(=O)N[C@@H]4CCN(C(=O)OC(C)(C)C)C4)c3c2)c1. The Balaban J connectivity index is 1.44. The summed E-state index contributed by atoms with van der Waals surface area (Å²) in [5.41, 5.74) is 1.50. The lowest BCUT2D eigenvalue weighted by Gasteiger charge is -2.24. The van der Waals surface area contributed by atoms with Gasteiger partial charge in [-0.05, 0) is 70.0 Å². The monoisotopic (exact) mass is 480 g/mol. The highest BCUT2D eigenvalue weighted by atomic mass is 16.6. The number of amides is 2. The van der Waals surface area contributed by atoms with E-state index in [2.05, 4.69) is 5.32 Å². The molecule has 2 heterocycles. The van der Waals surface area contributed by atoms with Crippen LogP contribution in [0.15, 0.2) is 46.9 Å². The Kier molecular flexibility index (Phi) is 6.91. The first kappa shape index (κ1) is 24.4. The summed E-state index contributed by atoms with van der Waals surface area (Å²) < 4.78 is 22.5. The minimum absolute atomic E-state index is 0.160. The molecule has 0 unspecified atom stereocenters. The predicted octanol–water partition coefficient (Wildman–Crippen LogP) is 5.07. The summed E-state index contributed by atoms with van der Waals surface area (Å²) in [6.45, 7) is 8.58. The van der Waals surface area contributed by atoms with Crippen molar-refractivity contribution in [2.75, 3.05) is 20.2 Å². The number of ether oxygens (including phenoxy) is 3. The topological polar surface area (TPSA) is 90.2 Å². The number of benzene rings is 2. The van der Waals surface area contributed by atoms with E-state index in [0.29, 0.717) is 54.2 Å². The van der Waals surface area contributed by atoms with Crippen molar-refractivity contribution in [2.24, 2.45) is 0 Å². The minimum Gasteiger partial charge on any atom is -0.497 e. The summed E-state index contributed by atoms with van der Waals surface area (Å²) in [5, 5.41) is 3.73. The van der Waals surface area contributed by atoms with Crippen molar-refractivity contribution in [3.63, 3.8) is 0 Å². The Morgan fingerprint density at radius 2 is 1.94 bits per heavy atom. The second-order valence-electron chi connectivity index (χ2n) is 9.72. The minimum atomic E-state index is -0.558. The average molecular weight is 481 g/mol. The normalized spacial score (nSPS) is 15.8. The fourth-order valence-electron chi connectivity index (χ4n) is 4.13. The Bertz CT molecular complexity index is 1230. The molecule has 0 radical (unpaired) electrons. The van der Waals surface area contributed by atoms with E-state index < -0.39 is 5.60 Å². The zero-order chi connectivity index (χ0) is 25.2. The van der Waals surface area contributed by atoms with E-state index in [1.807, 2.05) is 57.2 Å². The van der Waals surface area contributed by atoms with Crippen LogP contribution >= 0.6 is 0 Å². The van der Waals surface area contributed by atoms with Crippen LogP contribution in [-0.4, -0.2) is 48.7 Å². The van der Waals surface area contributed by atoms with Gasteiger partial charge in [0, 0.05) is 24.5 Å². The molecule has 1 aliphatic rings. The second-order valence-corrected chi connectivity index (χ2v) is 9.72. The molecule has 0 bridgehead atoms. The molecule has 0 saturated carbocycles. The van der Waals surface area contributed by atoms with Crippen molar-refractivity contribution < 1.29 is 28.2 Å². The van der Waals surface area contributed by atoms with Crippen LogP contribution in [0.1, 0.15) is 48.9 Å². The number of methoxy groups -OCH3 is 1. The lowest BCUT2D eigenvalue weighted by Crippen LogP contribution is -2.40. The van der Waals surface area contributed by atoms with E-state index in [-0.39, 0.29) is 18.0 Å². The van der Waals surface area contributed by atoms with Gasteiger partial charge in [0.05, 0.1) is 12.7 Å². The van der Waals surface area contributed by atoms with Crippen LogP contribution in [-0.2, 0) is 11.3 Å². The van der Waals surface area contributed by atoms with E-state index in [1.54, 1.807) is 25.0 Å². The zero-order valence-electron chi connectivity index (χ0n) is 20.8. The Labute approximate surface area is 205 Å². The molecule has 1 aliphatic heterocycles. The third-order valence-electron chi connectivity index (χ3n) is 5.78. The molecule has 1 atom stereocenters. The average Bonchev–Trinajstić information content (AvgIpc) is 3.40. The number of nitrogens with zero attached hydrogens (tertiary/aromatic N) is 1. The van der Waals surface area contributed by atoms with Crippen LogP contribution in [0.5, 0.6) is 11.5 Å². The maximum absolute atomic E-state index is 13.2. The van der Waals surface area contributed by atoms with Crippen molar-refractivity contribution >= 4 is 23.0 Å². The molecule has 186 valence electrons. The summed E-state index contributed by atoms with van der Waals surface area (Å²) in [4.78, 5) is 27.2. The molecule has 0 spiro atoms. The number of fused-ring (bicyclic) bond motifs is 1. The molecule has 8 heteroatoms. The number of nitrogens with one attached hydrogen (secondary N) is 1. The van der Waals surface area contributed by atoms with Crippen molar-refractivity contribution in [2.45, 2.75) is 52.4 Å². The van der Waals surface area contributed by atoms with Crippen molar-refractivity contribution in [3.05, 3.63) is 59.4 Å². The summed E-state index contributed by atoms with van der Waals surface area (Å²) >= 11 is 0. The number of hydrogen-bond acceptors (Lipinski definition) is 6.